The summed E-state index contributed by atoms with van der Waals surface area (Å²) in [7, 11) is 0. The van der Waals surface area contributed by atoms with Crippen molar-refractivity contribution >= 4 is 22.6 Å². The fourth-order valence-corrected chi connectivity index (χ4v) is 1.76. The lowest BCUT2D eigenvalue weighted by atomic mass is 10.0. The molecule has 1 saturated heterocycles. The lowest BCUT2D eigenvalue weighted by molar-refractivity contribution is 0.637. The van der Waals surface area contributed by atoms with Crippen LogP contribution in [0, 0.1) is 10.8 Å². The molecular weight excluding hydrogens is 146 g/mol. The van der Waals surface area contributed by atoms with Crippen molar-refractivity contribution in [1.29, 1.82) is 10.8 Å². The smallest absolute Gasteiger partial charge is 0.154 e. The monoisotopic (exact) mass is 157 g/mol. The van der Waals surface area contributed by atoms with Gasteiger partial charge in [-0.3, -0.25) is 5.41 Å². The van der Waals surface area contributed by atoms with E-state index >= 15 is 0 Å². The molecule has 1 aliphatic heterocycles. The minimum atomic E-state index is -0.262. The highest BCUT2D eigenvalue weighted by atomic mass is 32.2. The largest absolute Gasteiger partial charge is 0.354 e. The van der Waals surface area contributed by atoms with Crippen LogP contribution in [0.2, 0.25) is 0 Å². The molecule has 3 nitrogen and oxygen atoms in total. The molecule has 0 aromatic heterocycles. The molecule has 3 N–H and O–H groups in total. The second-order valence-electron chi connectivity index (χ2n) is 2.70. The summed E-state index contributed by atoms with van der Waals surface area (Å²) in [5, 5.41) is 18.1. The maximum Gasteiger partial charge on any atom is 0.154 e. The van der Waals surface area contributed by atoms with Crippen LogP contribution in [-0.4, -0.2) is 22.2 Å². The predicted octanol–water partition coefficient (Wildman–Crippen LogP) is 1.06. The van der Waals surface area contributed by atoms with Crippen LogP contribution in [0.15, 0.2) is 0 Å². The van der Waals surface area contributed by atoms with Crippen LogP contribution in [0.4, 0.5) is 0 Å². The number of hydrogen-bond donors (Lipinski definition) is 3. The lowest BCUT2D eigenvalue weighted by Crippen LogP contribution is -2.46. The first-order valence-electron chi connectivity index (χ1n) is 3.10. The van der Waals surface area contributed by atoms with Gasteiger partial charge in [0, 0.05) is 11.5 Å². The van der Waals surface area contributed by atoms with Gasteiger partial charge in [0.15, 0.2) is 5.17 Å². The van der Waals surface area contributed by atoms with E-state index in [1.165, 1.54) is 11.8 Å². The molecule has 1 unspecified atom stereocenters. The van der Waals surface area contributed by atoms with E-state index in [-0.39, 0.29) is 5.54 Å². The molecule has 0 saturated carbocycles. The van der Waals surface area contributed by atoms with Gasteiger partial charge in [0.2, 0.25) is 0 Å². The van der Waals surface area contributed by atoms with Crippen molar-refractivity contribution in [2.75, 3.05) is 5.75 Å². The fraction of sp³-hybridized carbons (Fsp3) is 0.667. The molecule has 1 aliphatic rings. The van der Waals surface area contributed by atoms with Crippen LogP contribution < -0.4 is 5.32 Å². The molecule has 0 bridgehead atoms. The Kier molecular flexibility index (Phi) is 1.72. The first-order chi connectivity index (χ1) is 4.54. The molecule has 0 spiro atoms. The summed E-state index contributed by atoms with van der Waals surface area (Å²) >= 11 is 1.46. The van der Waals surface area contributed by atoms with E-state index in [1.807, 2.05) is 6.92 Å². The van der Waals surface area contributed by atoms with Gasteiger partial charge < -0.3 is 10.7 Å². The Bertz CT molecular complexity index is 189. The Morgan fingerprint density at radius 3 is 2.60 bits per heavy atom. The van der Waals surface area contributed by atoms with Gasteiger partial charge in [-0.2, -0.15) is 0 Å². The number of hydrogen-bond acceptors (Lipinski definition) is 3. The molecule has 1 fully saturated rings. The van der Waals surface area contributed by atoms with E-state index < -0.39 is 0 Å². The van der Waals surface area contributed by atoms with Gasteiger partial charge in [-0.1, -0.05) is 11.8 Å². The number of amidine groups is 1. The summed E-state index contributed by atoms with van der Waals surface area (Å²) in [6.07, 6.45) is 0. The first kappa shape index (κ1) is 7.60. The second kappa shape index (κ2) is 2.27. The molecule has 0 aromatic rings. The third kappa shape index (κ3) is 1.16. The molecule has 0 radical (unpaired) electrons. The van der Waals surface area contributed by atoms with Crippen LogP contribution >= 0.6 is 11.8 Å². The molecule has 1 atom stereocenters. The van der Waals surface area contributed by atoms with E-state index in [4.69, 9.17) is 10.8 Å². The number of nitrogens with one attached hydrogen (secondary N) is 3. The van der Waals surface area contributed by atoms with Crippen LogP contribution in [0.1, 0.15) is 13.8 Å². The quantitative estimate of drug-likeness (QED) is 0.498. The van der Waals surface area contributed by atoms with Gasteiger partial charge in [-0.05, 0) is 13.8 Å². The van der Waals surface area contributed by atoms with Crippen molar-refractivity contribution in [3.05, 3.63) is 0 Å². The van der Waals surface area contributed by atoms with E-state index in [1.54, 1.807) is 6.92 Å². The Morgan fingerprint density at radius 1 is 1.80 bits per heavy atom. The van der Waals surface area contributed by atoms with Gasteiger partial charge in [0.1, 0.15) is 0 Å². The van der Waals surface area contributed by atoms with Crippen molar-refractivity contribution in [2.24, 2.45) is 0 Å². The summed E-state index contributed by atoms with van der Waals surface area (Å²) in [6, 6.07) is 0. The first-order valence-corrected chi connectivity index (χ1v) is 4.08. The van der Waals surface area contributed by atoms with Crippen LogP contribution in [-0.2, 0) is 0 Å². The highest BCUT2D eigenvalue weighted by molar-refractivity contribution is 8.14. The molecule has 1 rings (SSSR count). The second-order valence-corrected chi connectivity index (χ2v) is 3.69. The van der Waals surface area contributed by atoms with E-state index in [9.17, 15) is 0 Å². The topological polar surface area (TPSA) is 59.7 Å². The van der Waals surface area contributed by atoms with Gasteiger partial charge in [0.05, 0.1) is 5.54 Å². The zero-order chi connectivity index (χ0) is 7.78. The van der Waals surface area contributed by atoms with E-state index in [0.717, 1.165) is 5.75 Å². The van der Waals surface area contributed by atoms with E-state index in [2.05, 4.69) is 5.32 Å². The van der Waals surface area contributed by atoms with Crippen LogP contribution in [0.3, 0.4) is 0 Å². The fourth-order valence-electron chi connectivity index (χ4n) is 0.741. The summed E-state index contributed by atoms with van der Waals surface area (Å²) in [4.78, 5) is 0. The lowest BCUT2D eigenvalue weighted by Gasteiger charge is -2.21. The Morgan fingerprint density at radius 2 is 2.40 bits per heavy atom. The van der Waals surface area contributed by atoms with Gasteiger partial charge in [-0.15, -0.1) is 0 Å². The third-order valence-electron chi connectivity index (χ3n) is 1.72. The van der Waals surface area contributed by atoms with Crippen molar-refractivity contribution in [1.82, 2.24) is 5.32 Å². The maximum atomic E-state index is 7.41. The van der Waals surface area contributed by atoms with Crippen LogP contribution in [0.5, 0.6) is 0 Å². The standard InChI is InChI=1S/C6H11N3S/c1-4(7)6(2)3-10-5(8)9-6/h7H,3H2,1-2H3,(H2,8,9). The molecule has 1 heterocycles. The SMILES string of the molecule is CC(=N)C1(C)CSC(=N)N1. The minimum absolute atomic E-state index is 0.262. The van der Waals surface area contributed by atoms with Crippen molar-refractivity contribution in [3.8, 4) is 0 Å². The van der Waals surface area contributed by atoms with E-state index in [0.29, 0.717) is 10.9 Å². The summed E-state index contributed by atoms with van der Waals surface area (Å²) in [5.74, 6) is 0.807. The predicted molar refractivity (Wildman–Crippen MR) is 45.1 cm³/mol. The summed E-state index contributed by atoms with van der Waals surface area (Å²) in [5.41, 5.74) is 0.337. The summed E-state index contributed by atoms with van der Waals surface area (Å²) < 4.78 is 0. The molecular formula is C6H11N3S. The molecule has 56 valence electrons. The zero-order valence-corrected chi connectivity index (χ0v) is 6.93. The van der Waals surface area contributed by atoms with Gasteiger partial charge in [0.25, 0.3) is 0 Å². The summed E-state index contributed by atoms with van der Waals surface area (Å²) in [6.45, 7) is 3.72. The Labute approximate surface area is 64.6 Å². The highest BCUT2D eigenvalue weighted by Gasteiger charge is 2.33. The molecule has 0 amide bonds. The van der Waals surface area contributed by atoms with Gasteiger partial charge in [-0.25, -0.2) is 0 Å². The number of thioether (sulfide) groups is 1. The Balaban J connectivity index is 2.72. The molecule has 4 heteroatoms. The third-order valence-corrected chi connectivity index (χ3v) is 2.83. The van der Waals surface area contributed by atoms with Crippen LogP contribution in [0.25, 0.3) is 0 Å². The van der Waals surface area contributed by atoms with Crippen molar-refractivity contribution < 1.29 is 0 Å². The van der Waals surface area contributed by atoms with Crippen molar-refractivity contribution in [3.63, 3.8) is 0 Å². The maximum absolute atomic E-state index is 7.41. The van der Waals surface area contributed by atoms with Crippen molar-refractivity contribution in [2.45, 2.75) is 19.4 Å². The molecule has 0 aliphatic carbocycles. The van der Waals surface area contributed by atoms with Gasteiger partial charge >= 0.3 is 0 Å². The zero-order valence-electron chi connectivity index (χ0n) is 6.12. The number of rotatable bonds is 1. The average molecular weight is 157 g/mol. The Hall–Kier alpha value is -0.510. The minimum Gasteiger partial charge on any atom is -0.354 e. The molecule has 0 aromatic carbocycles. The average Bonchev–Trinajstić information content (AvgIpc) is 2.13. The molecule has 10 heavy (non-hydrogen) atoms. The highest BCUT2D eigenvalue weighted by Crippen LogP contribution is 2.22. The normalized spacial score (nSPS) is 32.0.